The zero-order chi connectivity index (χ0) is 18.6. The summed E-state index contributed by atoms with van der Waals surface area (Å²) in [6.45, 7) is 2.76. The lowest BCUT2D eigenvalue weighted by Crippen LogP contribution is -2.37. The van der Waals surface area contributed by atoms with E-state index in [4.69, 9.17) is 0 Å². The molecule has 0 saturated carbocycles. The van der Waals surface area contributed by atoms with Gasteiger partial charge in [-0.1, -0.05) is 37.3 Å². The van der Waals surface area contributed by atoms with E-state index in [9.17, 15) is 4.79 Å². The number of pyridine rings is 1. The largest absolute Gasteiger partial charge is 0.347 e. The Morgan fingerprint density at radius 2 is 2.00 bits per heavy atom. The van der Waals surface area contributed by atoms with Crippen molar-refractivity contribution in [2.75, 3.05) is 0 Å². The summed E-state index contributed by atoms with van der Waals surface area (Å²) in [5.41, 5.74) is 3.37. The summed E-state index contributed by atoms with van der Waals surface area (Å²) in [6, 6.07) is 13.7. The molecular weight excluding hydrogens is 338 g/mol. The number of fused-ring (bicyclic) bond motifs is 1. The maximum absolute atomic E-state index is 12.7. The summed E-state index contributed by atoms with van der Waals surface area (Å²) in [5, 5.41) is 3.10. The fourth-order valence-electron chi connectivity index (χ4n) is 3.07. The summed E-state index contributed by atoms with van der Waals surface area (Å²) < 4.78 is 3.87. The first-order chi connectivity index (χ1) is 13.2. The molecule has 0 fully saturated rings. The van der Waals surface area contributed by atoms with Gasteiger partial charge in [-0.25, -0.2) is 9.97 Å². The topological polar surface area (TPSA) is 64.2 Å². The zero-order valence-corrected chi connectivity index (χ0v) is 15.1. The van der Waals surface area contributed by atoms with Gasteiger partial charge in [-0.2, -0.15) is 0 Å². The van der Waals surface area contributed by atoms with Gasteiger partial charge in [0.05, 0.1) is 17.6 Å². The summed E-state index contributed by atoms with van der Waals surface area (Å²) in [5.74, 6) is -0.0844. The minimum atomic E-state index is -0.0844. The Hall–Kier alpha value is -3.41. The number of carbonyl (C=O) groups excluding carboxylic acids is 1. The number of nitrogens with one attached hydrogen (secondary N) is 1. The van der Waals surface area contributed by atoms with Crippen molar-refractivity contribution in [2.24, 2.45) is 0 Å². The summed E-state index contributed by atoms with van der Waals surface area (Å²) in [7, 11) is 0. The van der Waals surface area contributed by atoms with Gasteiger partial charge >= 0.3 is 0 Å². The van der Waals surface area contributed by atoms with Crippen molar-refractivity contribution in [1.29, 1.82) is 0 Å². The lowest BCUT2D eigenvalue weighted by molar-refractivity contribution is 0.0931. The van der Waals surface area contributed by atoms with Gasteiger partial charge in [0.15, 0.2) is 0 Å². The minimum Gasteiger partial charge on any atom is -0.347 e. The Bertz CT molecular complexity index is 1040. The van der Waals surface area contributed by atoms with Crippen molar-refractivity contribution in [3.05, 3.63) is 79.1 Å². The Labute approximate surface area is 157 Å². The van der Waals surface area contributed by atoms with Crippen molar-refractivity contribution in [2.45, 2.75) is 25.9 Å². The minimum absolute atomic E-state index is 0.0464. The molecule has 4 rings (SSSR count). The van der Waals surface area contributed by atoms with Gasteiger partial charge in [-0.05, 0) is 18.6 Å². The molecule has 1 aromatic carbocycles. The van der Waals surface area contributed by atoms with Crippen LogP contribution >= 0.6 is 0 Å². The molecule has 3 heterocycles. The summed E-state index contributed by atoms with van der Waals surface area (Å²) in [6.07, 6.45) is 10.0. The van der Waals surface area contributed by atoms with Gasteiger partial charge in [0.2, 0.25) is 0 Å². The zero-order valence-electron chi connectivity index (χ0n) is 15.1. The standard InChI is InChI=1S/C21H21N5O/c1-2-18(13-25-11-10-22-15-25)23-21(27)17-8-9-20-24-19(14-26(20)12-17)16-6-4-3-5-7-16/h3-12,14-15,18H,2,13H2,1H3,(H,23,27)/t18-/m0/s1. The molecule has 4 aromatic rings. The smallest absolute Gasteiger partial charge is 0.253 e. The predicted molar refractivity (Wildman–Crippen MR) is 104 cm³/mol. The fourth-order valence-corrected chi connectivity index (χ4v) is 3.07. The molecule has 6 heteroatoms. The molecule has 3 aromatic heterocycles. The molecule has 0 saturated heterocycles. The molecule has 136 valence electrons. The molecule has 0 bridgehead atoms. The Balaban J connectivity index is 1.53. The van der Waals surface area contributed by atoms with Crippen molar-refractivity contribution < 1.29 is 4.79 Å². The predicted octanol–water partition coefficient (Wildman–Crippen LogP) is 3.41. The Kier molecular flexibility index (Phi) is 4.70. The molecular formula is C21H21N5O. The molecule has 0 spiro atoms. The molecule has 0 aliphatic rings. The molecule has 6 nitrogen and oxygen atoms in total. The number of rotatable bonds is 6. The van der Waals surface area contributed by atoms with E-state index in [1.54, 1.807) is 12.5 Å². The van der Waals surface area contributed by atoms with E-state index in [0.717, 1.165) is 23.3 Å². The second kappa shape index (κ2) is 7.45. The monoisotopic (exact) mass is 359 g/mol. The molecule has 0 aliphatic heterocycles. The molecule has 0 aliphatic carbocycles. The van der Waals surface area contributed by atoms with Crippen molar-refractivity contribution in [3.8, 4) is 11.3 Å². The normalized spacial score (nSPS) is 12.2. The van der Waals surface area contributed by atoms with Crippen LogP contribution in [0, 0.1) is 0 Å². The lowest BCUT2D eigenvalue weighted by Gasteiger charge is -2.17. The number of amides is 1. The number of aromatic nitrogens is 4. The fraction of sp³-hybridized carbons (Fsp3) is 0.190. The highest BCUT2D eigenvalue weighted by atomic mass is 16.1. The van der Waals surface area contributed by atoms with Crippen LogP contribution in [0.15, 0.2) is 73.6 Å². The number of benzene rings is 1. The van der Waals surface area contributed by atoms with Gasteiger partial charge < -0.3 is 14.3 Å². The highest BCUT2D eigenvalue weighted by molar-refractivity contribution is 5.94. The quantitative estimate of drug-likeness (QED) is 0.574. The van der Waals surface area contributed by atoms with Crippen LogP contribution in [-0.2, 0) is 6.54 Å². The number of carbonyl (C=O) groups is 1. The number of hydrogen-bond acceptors (Lipinski definition) is 3. The molecule has 0 unspecified atom stereocenters. The van der Waals surface area contributed by atoms with E-state index in [-0.39, 0.29) is 11.9 Å². The van der Waals surface area contributed by atoms with Crippen molar-refractivity contribution >= 4 is 11.6 Å². The first kappa shape index (κ1) is 17.0. The average molecular weight is 359 g/mol. The van der Waals surface area contributed by atoms with Crippen LogP contribution < -0.4 is 5.32 Å². The molecule has 27 heavy (non-hydrogen) atoms. The van der Waals surface area contributed by atoms with Crippen LogP contribution in [0.25, 0.3) is 16.9 Å². The van der Waals surface area contributed by atoms with Gasteiger partial charge in [0, 0.05) is 42.9 Å². The van der Waals surface area contributed by atoms with Gasteiger partial charge in [-0.3, -0.25) is 4.79 Å². The van der Waals surface area contributed by atoms with E-state index in [2.05, 4.69) is 22.2 Å². The molecule has 1 amide bonds. The van der Waals surface area contributed by atoms with Crippen LogP contribution in [0.3, 0.4) is 0 Å². The lowest BCUT2D eigenvalue weighted by atomic mass is 10.2. The van der Waals surface area contributed by atoms with E-state index in [1.165, 1.54) is 0 Å². The van der Waals surface area contributed by atoms with Gasteiger partial charge in [0.1, 0.15) is 5.65 Å². The number of hydrogen-bond donors (Lipinski definition) is 1. The maximum Gasteiger partial charge on any atom is 0.253 e. The SMILES string of the molecule is CC[C@@H](Cn1ccnc1)NC(=O)c1ccc2nc(-c3ccccc3)cn2c1. The van der Waals surface area contributed by atoms with Crippen LogP contribution in [0.4, 0.5) is 0 Å². The Morgan fingerprint density at radius 3 is 2.74 bits per heavy atom. The highest BCUT2D eigenvalue weighted by Crippen LogP contribution is 2.19. The third-order valence-corrected chi connectivity index (χ3v) is 4.60. The highest BCUT2D eigenvalue weighted by Gasteiger charge is 2.14. The van der Waals surface area contributed by atoms with Gasteiger partial charge in [0.25, 0.3) is 5.91 Å². The van der Waals surface area contributed by atoms with E-state index in [0.29, 0.717) is 12.1 Å². The molecule has 0 radical (unpaired) electrons. The number of imidazole rings is 2. The second-order valence-corrected chi connectivity index (χ2v) is 6.51. The van der Waals surface area contributed by atoms with Crippen LogP contribution in [-0.4, -0.2) is 30.9 Å². The van der Waals surface area contributed by atoms with Crippen LogP contribution in [0.5, 0.6) is 0 Å². The molecule has 1 N–H and O–H groups in total. The Morgan fingerprint density at radius 1 is 1.15 bits per heavy atom. The summed E-state index contributed by atoms with van der Waals surface area (Å²) in [4.78, 5) is 21.4. The van der Waals surface area contributed by atoms with Crippen LogP contribution in [0.1, 0.15) is 23.7 Å². The van der Waals surface area contributed by atoms with Crippen molar-refractivity contribution in [1.82, 2.24) is 24.3 Å². The third-order valence-electron chi connectivity index (χ3n) is 4.60. The van der Waals surface area contributed by atoms with Crippen molar-refractivity contribution in [3.63, 3.8) is 0 Å². The third kappa shape index (κ3) is 3.74. The van der Waals surface area contributed by atoms with E-state index < -0.39 is 0 Å². The number of nitrogens with zero attached hydrogens (tertiary/aromatic N) is 4. The second-order valence-electron chi connectivity index (χ2n) is 6.51. The first-order valence-corrected chi connectivity index (χ1v) is 9.03. The molecule has 1 atom stereocenters. The van der Waals surface area contributed by atoms with Crippen LogP contribution in [0.2, 0.25) is 0 Å². The maximum atomic E-state index is 12.7. The van der Waals surface area contributed by atoms with E-state index in [1.807, 2.05) is 70.0 Å². The summed E-state index contributed by atoms with van der Waals surface area (Å²) >= 11 is 0. The van der Waals surface area contributed by atoms with E-state index >= 15 is 0 Å². The first-order valence-electron chi connectivity index (χ1n) is 9.03. The average Bonchev–Trinajstić information content (AvgIpc) is 3.37. The van der Waals surface area contributed by atoms with Gasteiger partial charge in [-0.15, -0.1) is 0 Å².